The Hall–Kier alpha value is -4.44. The Labute approximate surface area is 202 Å². The van der Waals surface area contributed by atoms with Gasteiger partial charge in [-0.05, 0) is 69.7 Å². The predicted molar refractivity (Wildman–Crippen MR) is 137 cm³/mol. The first-order chi connectivity index (χ1) is 16.7. The molecule has 0 radical (unpaired) electrons. The zero-order chi connectivity index (χ0) is 24.9. The number of hydrogen-bond donors (Lipinski definition) is 1. The maximum absolute atomic E-state index is 13.5. The third kappa shape index (κ3) is 3.93. The largest absolute Gasteiger partial charge is 0.455 e. The van der Waals surface area contributed by atoms with Crippen molar-refractivity contribution in [2.75, 3.05) is 5.32 Å². The summed E-state index contributed by atoms with van der Waals surface area (Å²) in [7, 11) is 1.88. The lowest BCUT2D eigenvalue weighted by Crippen LogP contribution is -2.13. The predicted octanol–water partition coefficient (Wildman–Crippen LogP) is 5.71. The van der Waals surface area contributed by atoms with E-state index in [1.54, 1.807) is 11.6 Å². The highest BCUT2D eigenvalue weighted by Crippen LogP contribution is 2.33. The molecule has 2 aromatic carbocycles. The highest BCUT2D eigenvalue weighted by molar-refractivity contribution is 5.87. The van der Waals surface area contributed by atoms with E-state index in [4.69, 9.17) is 4.42 Å². The van der Waals surface area contributed by atoms with Gasteiger partial charge in [-0.3, -0.25) is 9.48 Å². The van der Waals surface area contributed by atoms with Gasteiger partial charge in [-0.2, -0.15) is 10.4 Å². The molecule has 3 aromatic heterocycles. The van der Waals surface area contributed by atoms with Crippen molar-refractivity contribution in [1.82, 2.24) is 14.8 Å². The van der Waals surface area contributed by atoms with E-state index in [1.807, 2.05) is 76.5 Å². The summed E-state index contributed by atoms with van der Waals surface area (Å²) in [5, 5.41) is 18.9. The topological polar surface area (TPSA) is 96.7 Å². The van der Waals surface area contributed by atoms with Crippen molar-refractivity contribution in [2.45, 2.75) is 33.7 Å². The summed E-state index contributed by atoms with van der Waals surface area (Å²) in [6.07, 6.45) is 1.94. The lowest BCUT2D eigenvalue weighted by Gasteiger charge is -2.19. The van der Waals surface area contributed by atoms with Gasteiger partial charge in [0.05, 0.1) is 22.6 Å². The van der Waals surface area contributed by atoms with Crippen molar-refractivity contribution in [3.63, 3.8) is 0 Å². The molecule has 0 spiro atoms. The van der Waals surface area contributed by atoms with Crippen LogP contribution in [-0.2, 0) is 7.05 Å². The maximum Gasteiger partial charge on any atom is 0.196 e. The number of benzene rings is 2. The Morgan fingerprint density at radius 1 is 1.11 bits per heavy atom. The summed E-state index contributed by atoms with van der Waals surface area (Å²) in [5.74, 6) is 0.542. The zero-order valence-electron chi connectivity index (χ0n) is 20.3. The molecule has 35 heavy (non-hydrogen) atoms. The average molecular weight is 464 g/mol. The minimum Gasteiger partial charge on any atom is -0.455 e. The highest BCUT2D eigenvalue weighted by Gasteiger charge is 2.20. The van der Waals surface area contributed by atoms with E-state index in [0.717, 1.165) is 33.3 Å². The molecule has 0 saturated carbocycles. The first-order valence-electron chi connectivity index (χ1n) is 11.4. The van der Waals surface area contributed by atoms with Crippen molar-refractivity contribution >= 4 is 27.6 Å². The minimum absolute atomic E-state index is 0.0561. The highest BCUT2D eigenvalue weighted by atomic mass is 16.3. The Bertz CT molecular complexity index is 1720. The van der Waals surface area contributed by atoms with E-state index < -0.39 is 0 Å². The average Bonchev–Trinajstić information content (AvgIpc) is 3.21. The Kier molecular flexibility index (Phi) is 5.37. The lowest BCUT2D eigenvalue weighted by atomic mass is 9.98. The fourth-order valence-electron chi connectivity index (χ4n) is 4.52. The van der Waals surface area contributed by atoms with Gasteiger partial charge in [-0.15, -0.1) is 0 Å². The third-order valence-corrected chi connectivity index (χ3v) is 6.25. The van der Waals surface area contributed by atoms with E-state index in [0.29, 0.717) is 33.7 Å². The number of nitriles is 1. The summed E-state index contributed by atoms with van der Waals surface area (Å²) in [5.41, 5.74) is 6.28. The van der Waals surface area contributed by atoms with Crippen LogP contribution < -0.4 is 10.7 Å². The summed E-state index contributed by atoms with van der Waals surface area (Å²) >= 11 is 0. The number of fused-ring (bicyclic) bond motifs is 2. The zero-order valence-corrected chi connectivity index (χ0v) is 20.3. The van der Waals surface area contributed by atoms with Gasteiger partial charge in [-0.25, -0.2) is 4.98 Å². The molecule has 0 saturated heterocycles. The Balaban J connectivity index is 1.68. The molecule has 1 N–H and O–H groups in total. The molecule has 0 unspecified atom stereocenters. The van der Waals surface area contributed by atoms with Crippen molar-refractivity contribution in [3.8, 4) is 17.4 Å². The second-order valence-corrected chi connectivity index (χ2v) is 9.02. The first kappa shape index (κ1) is 22.4. The Morgan fingerprint density at radius 3 is 2.69 bits per heavy atom. The third-order valence-electron chi connectivity index (χ3n) is 6.25. The number of rotatable bonds is 4. The number of aromatic nitrogens is 3. The van der Waals surface area contributed by atoms with E-state index in [2.05, 4.69) is 21.5 Å². The van der Waals surface area contributed by atoms with Crippen LogP contribution in [0.1, 0.15) is 41.0 Å². The number of anilines is 1. The van der Waals surface area contributed by atoms with Crippen LogP contribution in [0.15, 0.2) is 57.9 Å². The molecule has 5 aromatic rings. The van der Waals surface area contributed by atoms with E-state index >= 15 is 0 Å². The van der Waals surface area contributed by atoms with Gasteiger partial charge < -0.3 is 9.73 Å². The van der Waals surface area contributed by atoms with Gasteiger partial charge in [0.1, 0.15) is 17.4 Å². The van der Waals surface area contributed by atoms with Gasteiger partial charge in [0.2, 0.25) is 0 Å². The standard InChI is InChI=1S/C28H25N5O2/c1-15-10-21(18(4)31-24-8-6-16(2)30-25(24)13-29)28-22(11-15)26(34)17(3)27(35-28)19-7-9-23-20(12-19)14-33(5)32-23/h6-12,14,18,31H,1-5H3/t18-/m1/s1. The summed E-state index contributed by atoms with van der Waals surface area (Å²) in [6.45, 7) is 7.59. The van der Waals surface area contributed by atoms with E-state index in [-0.39, 0.29) is 11.5 Å². The van der Waals surface area contributed by atoms with Gasteiger partial charge in [0.15, 0.2) is 11.1 Å². The molecule has 0 aliphatic heterocycles. The molecule has 0 amide bonds. The van der Waals surface area contributed by atoms with Gasteiger partial charge in [-0.1, -0.05) is 6.07 Å². The monoisotopic (exact) mass is 463 g/mol. The molecule has 5 rings (SSSR count). The molecule has 0 aliphatic carbocycles. The second kappa shape index (κ2) is 8.41. The van der Waals surface area contributed by atoms with Crippen molar-refractivity contribution in [2.24, 2.45) is 7.05 Å². The fourth-order valence-corrected chi connectivity index (χ4v) is 4.52. The lowest BCUT2D eigenvalue weighted by molar-refractivity contribution is 0.605. The molecule has 7 nitrogen and oxygen atoms in total. The van der Waals surface area contributed by atoms with Gasteiger partial charge >= 0.3 is 0 Å². The first-order valence-corrected chi connectivity index (χ1v) is 11.4. The molecular formula is C28H25N5O2. The molecule has 1 atom stereocenters. The van der Waals surface area contributed by atoms with Crippen LogP contribution in [0.2, 0.25) is 0 Å². The fraction of sp³-hybridized carbons (Fsp3) is 0.214. The smallest absolute Gasteiger partial charge is 0.196 e. The van der Waals surface area contributed by atoms with Gasteiger partial charge in [0.25, 0.3) is 0 Å². The van der Waals surface area contributed by atoms with Crippen molar-refractivity contribution in [3.05, 3.63) is 87.0 Å². The number of nitrogens with one attached hydrogen (secondary N) is 1. The summed E-state index contributed by atoms with van der Waals surface area (Å²) in [4.78, 5) is 17.8. The van der Waals surface area contributed by atoms with E-state index in [9.17, 15) is 10.1 Å². The Morgan fingerprint density at radius 2 is 1.91 bits per heavy atom. The number of hydrogen-bond acceptors (Lipinski definition) is 6. The molecular weight excluding hydrogens is 438 g/mol. The summed E-state index contributed by atoms with van der Waals surface area (Å²) in [6, 6.07) is 15.4. The number of aryl methyl sites for hydroxylation is 3. The van der Waals surface area contributed by atoms with Crippen LogP contribution in [0.5, 0.6) is 0 Å². The van der Waals surface area contributed by atoms with Gasteiger partial charge in [0, 0.05) is 41.0 Å². The van der Waals surface area contributed by atoms with Crippen LogP contribution in [0.3, 0.4) is 0 Å². The molecule has 0 aliphatic rings. The van der Waals surface area contributed by atoms with Crippen LogP contribution in [0, 0.1) is 32.1 Å². The van der Waals surface area contributed by atoms with Crippen molar-refractivity contribution < 1.29 is 4.42 Å². The quantitative estimate of drug-likeness (QED) is 0.367. The minimum atomic E-state index is -0.242. The van der Waals surface area contributed by atoms with Crippen LogP contribution in [0.25, 0.3) is 33.2 Å². The molecule has 0 fully saturated rings. The number of nitrogens with zero attached hydrogens (tertiary/aromatic N) is 4. The maximum atomic E-state index is 13.5. The molecule has 174 valence electrons. The molecule has 0 bridgehead atoms. The van der Waals surface area contributed by atoms with Crippen LogP contribution in [0.4, 0.5) is 5.69 Å². The summed E-state index contributed by atoms with van der Waals surface area (Å²) < 4.78 is 8.25. The van der Waals surface area contributed by atoms with E-state index in [1.165, 1.54) is 0 Å². The SMILES string of the molecule is Cc1cc([C@@H](C)Nc2ccc(C)nc2C#N)c2oc(-c3ccc4nn(C)cc4c3)c(C)c(=O)c2c1. The molecule has 7 heteroatoms. The normalized spacial score (nSPS) is 12.1. The van der Waals surface area contributed by atoms with Crippen molar-refractivity contribution in [1.29, 1.82) is 5.26 Å². The number of pyridine rings is 1. The van der Waals surface area contributed by atoms with Crippen LogP contribution >= 0.6 is 0 Å². The molecule has 3 heterocycles. The second-order valence-electron chi connectivity index (χ2n) is 9.02. The van der Waals surface area contributed by atoms with Crippen LogP contribution in [-0.4, -0.2) is 14.8 Å².